The molecule has 0 bridgehead atoms. The van der Waals surface area contributed by atoms with Gasteiger partial charge in [-0.25, -0.2) is 14.4 Å². The number of carbonyl (C=O) groups is 3. The molecule has 0 amide bonds. The van der Waals surface area contributed by atoms with Crippen LogP contribution in [0.5, 0.6) is 0 Å². The van der Waals surface area contributed by atoms with Crippen molar-refractivity contribution in [3.8, 4) is 0 Å². The zero-order valence-corrected chi connectivity index (χ0v) is 14.6. The van der Waals surface area contributed by atoms with Gasteiger partial charge in [-0.3, -0.25) is 0 Å². The topological polar surface area (TPSA) is 97.4 Å². The molecular weight excluding hydrogens is 356 g/mol. The summed E-state index contributed by atoms with van der Waals surface area (Å²) in [5.74, 6) is -1.08. The highest BCUT2D eigenvalue weighted by molar-refractivity contribution is 5.95. The fourth-order valence-corrected chi connectivity index (χ4v) is 1.72. The maximum absolute atomic E-state index is 11.9. The normalized spacial score (nSPS) is 9.52. The van der Waals surface area contributed by atoms with Gasteiger partial charge in [-0.15, -0.1) is 0 Å². The first-order valence-electron chi connectivity index (χ1n) is 8.01. The maximum Gasteiger partial charge on any atom is 0.508 e. The zero-order valence-electron chi connectivity index (χ0n) is 14.6. The van der Waals surface area contributed by atoms with E-state index in [1.807, 2.05) is 0 Å². The van der Waals surface area contributed by atoms with Crippen molar-refractivity contribution >= 4 is 18.1 Å². The summed E-state index contributed by atoms with van der Waals surface area (Å²) in [4.78, 5) is 34.6. The van der Waals surface area contributed by atoms with Gasteiger partial charge in [0.05, 0.1) is 30.9 Å². The first-order chi connectivity index (χ1) is 12.6. The Kier molecular flexibility index (Phi) is 12.8. The lowest BCUT2D eigenvalue weighted by Crippen LogP contribution is -2.15. The minimum atomic E-state index is -0.804. The summed E-state index contributed by atoms with van der Waals surface area (Å²) in [5.41, 5.74) is 0.516. The molecule has 0 aliphatic carbocycles. The van der Waals surface area contributed by atoms with Crippen molar-refractivity contribution in [2.24, 2.45) is 0 Å². The SMILES string of the molecule is C.C=CCOC(=O)OCCOCCOC(=O)c1cccc(C(=O)OCC)c1. The van der Waals surface area contributed by atoms with E-state index in [0.717, 1.165) is 0 Å². The summed E-state index contributed by atoms with van der Waals surface area (Å²) in [6, 6.07) is 6.07. The van der Waals surface area contributed by atoms with Crippen molar-refractivity contribution in [2.45, 2.75) is 14.4 Å². The largest absolute Gasteiger partial charge is 0.508 e. The highest BCUT2D eigenvalue weighted by Gasteiger charge is 2.12. The molecule has 0 spiro atoms. The van der Waals surface area contributed by atoms with Crippen molar-refractivity contribution in [2.75, 3.05) is 39.6 Å². The smallest absolute Gasteiger partial charge is 0.462 e. The molecule has 0 atom stereocenters. The third-order valence-corrected chi connectivity index (χ3v) is 2.84. The zero-order chi connectivity index (χ0) is 19.2. The summed E-state index contributed by atoms with van der Waals surface area (Å²) in [6.07, 6.45) is 0.621. The first-order valence-corrected chi connectivity index (χ1v) is 8.01. The van der Waals surface area contributed by atoms with Crippen LogP contribution in [-0.2, 0) is 23.7 Å². The number of hydrogen-bond acceptors (Lipinski definition) is 8. The van der Waals surface area contributed by atoms with Gasteiger partial charge in [-0.05, 0) is 25.1 Å². The Hall–Kier alpha value is -2.87. The van der Waals surface area contributed by atoms with E-state index in [1.54, 1.807) is 19.1 Å². The number of hydrogen-bond donors (Lipinski definition) is 0. The van der Waals surface area contributed by atoms with Crippen LogP contribution < -0.4 is 0 Å². The number of esters is 2. The molecule has 0 aliphatic heterocycles. The predicted molar refractivity (Wildman–Crippen MR) is 97.7 cm³/mol. The molecule has 0 unspecified atom stereocenters. The van der Waals surface area contributed by atoms with Crippen molar-refractivity contribution in [1.29, 1.82) is 0 Å². The quantitative estimate of drug-likeness (QED) is 0.249. The molecule has 150 valence electrons. The van der Waals surface area contributed by atoms with Gasteiger partial charge in [-0.2, -0.15) is 0 Å². The van der Waals surface area contributed by atoms with Gasteiger partial charge in [-0.1, -0.05) is 26.1 Å². The van der Waals surface area contributed by atoms with Crippen LogP contribution in [0.3, 0.4) is 0 Å². The molecule has 8 nitrogen and oxygen atoms in total. The Bertz CT molecular complexity index is 611. The second kappa shape index (κ2) is 14.3. The Balaban J connectivity index is 0.00000676. The monoisotopic (exact) mass is 382 g/mol. The summed E-state index contributed by atoms with van der Waals surface area (Å²) in [5, 5.41) is 0. The van der Waals surface area contributed by atoms with Crippen LogP contribution in [0.25, 0.3) is 0 Å². The Morgan fingerprint density at radius 1 is 0.926 bits per heavy atom. The summed E-state index contributed by atoms with van der Waals surface area (Å²) < 4.78 is 24.4. The van der Waals surface area contributed by atoms with Crippen LogP contribution in [0.4, 0.5) is 4.79 Å². The molecule has 0 N–H and O–H groups in total. The first kappa shape index (κ1) is 24.1. The number of rotatable bonds is 11. The van der Waals surface area contributed by atoms with E-state index in [2.05, 4.69) is 11.3 Å². The third-order valence-electron chi connectivity index (χ3n) is 2.84. The molecule has 0 aliphatic rings. The van der Waals surface area contributed by atoms with Crippen LogP contribution in [0.15, 0.2) is 36.9 Å². The fourth-order valence-electron chi connectivity index (χ4n) is 1.72. The molecule has 27 heavy (non-hydrogen) atoms. The highest BCUT2D eigenvalue weighted by atomic mass is 16.7. The van der Waals surface area contributed by atoms with E-state index < -0.39 is 18.1 Å². The third kappa shape index (κ3) is 10.0. The standard InChI is InChI=1S/C18H22O8.CH4/c1-3-8-25-18(21)26-12-10-22-9-11-24-17(20)15-7-5-6-14(13-15)16(19)23-4-2;/h3,5-7,13H,1,4,8-12H2,2H3;1H4. The average molecular weight is 382 g/mol. The van der Waals surface area contributed by atoms with Crippen molar-refractivity contribution in [1.82, 2.24) is 0 Å². The molecular formula is C19H26O8. The lowest BCUT2D eigenvalue weighted by Gasteiger charge is -2.08. The average Bonchev–Trinajstić information content (AvgIpc) is 2.65. The van der Waals surface area contributed by atoms with E-state index >= 15 is 0 Å². The van der Waals surface area contributed by atoms with Gasteiger partial charge in [0.1, 0.15) is 19.8 Å². The van der Waals surface area contributed by atoms with Gasteiger partial charge in [0.25, 0.3) is 0 Å². The van der Waals surface area contributed by atoms with Crippen LogP contribution in [0.1, 0.15) is 35.1 Å². The number of carbonyl (C=O) groups excluding carboxylic acids is 3. The minimum absolute atomic E-state index is 0. The lowest BCUT2D eigenvalue weighted by molar-refractivity contribution is 0.0127. The molecule has 0 saturated carbocycles. The summed E-state index contributed by atoms with van der Waals surface area (Å²) in [6.45, 7) is 5.73. The van der Waals surface area contributed by atoms with E-state index in [1.165, 1.54) is 18.2 Å². The highest BCUT2D eigenvalue weighted by Crippen LogP contribution is 2.08. The van der Waals surface area contributed by atoms with Gasteiger partial charge in [0, 0.05) is 0 Å². The predicted octanol–water partition coefficient (Wildman–Crippen LogP) is 3.01. The second-order valence-electron chi connectivity index (χ2n) is 4.75. The van der Waals surface area contributed by atoms with Crippen molar-refractivity contribution in [3.05, 3.63) is 48.0 Å². The Morgan fingerprint density at radius 3 is 2.11 bits per heavy atom. The molecule has 0 aromatic heterocycles. The lowest BCUT2D eigenvalue weighted by atomic mass is 10.1. The molecule has 8 heteroatoms. The van der Waals surface area contributed by atoms with Crippen LogP contribution in [0, 0.1) is 0 Å². The van der Waals surface area contributed by atoms with Gasteiger partial charge in [0.2, 0.25) is 0 Å². The van der Waals surface area contributed by atoms with Gasteiger partial charge in [0.15, 0.2) is 0 Å². The molecule has 0 fully saturated rings. The Labute approximate surface area is 159 Å². The summed E-state index contributed by atoms with van der Waals surface area (Å²) in [7, 11) is 0. The molecule has 0 heterocycles. The van der Waals surface area contributed by atoms with E-state index in [4.69, 9.17) is 18.9 Å². The Morgan fingerprint density at radius 2 is 1.52 bits per heavy atom. The van der Waals surface area contributed by atoms with E-state index in [0.29, 0.717) is 0 Å². The molecule has 1 aromatic carbocycles. The second-order valence-corrected chi connectivity index (χ2v) is 4.75. The van der Waals surface area contributed by atoms with Gasteiger partial charge >= 0.3 is 18.1 Å². The van der Waals surface area contributed by atoms with E-state index in [-0.39, 0.29) is 58.2 Å². The maximum atomic E-state index is 11.9. The summed E-state index contributed by atoms with van der Waals surface area (Å²) >= 11 is 0. The number of ether oxygens (including phenoxy) is 5. The van der Waals surface area contributed by atoms with Crippen LogP contribution in [-0.4, -0.2) is 57.7 Å². The van der Waals surface area contributed by atoms with Crippen molar-refractivity contribution < 1.29 is 38.1 Å². The fraction of sp³-hybridized carbons (Fsp3) is 0.421. The van der Waals surface area contributed by atoms with Gasteiger partial charge < -0.3 is 23.7 Å². The number of benzene rings is 1. The molecule has 1 aromatic rings. The molecule has 0 radical (unpaired) electrons. The van der Waals surface area contributed by atoms with Crippen LogP contribution >= 0.6 is 0 Å². The van der Waals surface area contributed by atoms with E-state index in [9.17, 15) is 14.4 Å². The molecule has 1 rings (SSSR count). The van der Waals surface area contributed by atoms with Crippen molar-refractivity contribution in [3.63, 3.8) is 0 Å². The minimum Gasteiger partial charge on any atom is -0.462 e. The molecule has 0 saturated heterocycles. The van der Waals surface area contributed by atoms with Crippen LogP contribution in [0.2, 0.25) is 0 Å².